The van der Waals surface area contributed by atoms with E-state index in [1.807, 2.05) is 18.2 Å². The molecule has 27 nitrogen and oxygen atoms in total. The molecule has 27 heteroatoms. The van der Waals surface area contributed by atoms with E-state index in [-0.39, 0.29) is 90.0 Å². The number of nitrogens with one attached hydrogen (secondary N) is 5. The van der Waals surface area contributed by atoms with Gasteiger partial charge in [0.15, 0.2) is 5.96 Å². The number of nitrogens with two attached hydrogens (primary N) is 4. The number of carbonyl (C=O) groups is 11. The van der Waals surface area contributed by atoms with Crippen LogP contribution in [-0.2, 0) is 59.2 Å². The SMILES string of the molecule is CC[C@H](C)[C@H](NC(=O)[C@H](CCC(N)=O)NC(=O)[C@@H]1CCCN1C(=O)[C@H](CCCN=C(N)N)NC(=O)[C@@H]1C=CCN1C(=O)[C@H](Cc1c[nH]c2ccccc12)NC(=O)[C@@H](N)CCC(=O)O)C(=O)N1CCC[C@H]1C(=O)N1CCC[C@H]1C(=O)O. The Kier molecular flexibility index (Phi) is 21.5. The van der Waals surface area contributed by atoms with E-state index in [1.54, 1.807) is 32.2 Å². The van der Waals surface area contributed by atoms with Crippen LogP contribution in [0.15, 0.2) is 47.6 Å². The van der Waals surface area contributed by atoms with Crippen molar-refractivity contribution in [3.05, 3.63) is 48.2 Å². The highest BCUT2D eigenvalue weighted by atomic mass is 16.4. The third-order valence-corrected chi connectivity index (χ3v) is 15.4. The molecule has 15 N–H and O–H groups in total. The number of carboxylic acids is 2. The summed E-state index contributed by atoms with van der Waals surface area (Å²) in [5.41, 5.74) is 24.1. The molecule has 3 saturated heterocycles. The summed E-state index contributed by atoms with van der Waals surface area (Å²) in [7, 11) is 0. The predicted molar refractivity (Wildman–Crippen MR) is 289 cm³/mol. The van der Waals surface area contributed by atoms with Crippen molar-refractivity contribution in [1.29, 1.82) is 0 Å². The average molecular weight is 1120 g/mol. The molecule has 2 aromatic rings. The second-order valence-corrected chi connectivity index (χ2v) is 20.9. The topological polar surface area (TPSA) is 422 Å². The van der Waals surface area contributed by atoms with Crippen LogP contribution in [0.25, 0.3) is 10.9 Å². The van der Waals surface area contributed by atoms with Gasteiger partial charge >= 0.3 is 11.9 Å². The lowest BCUT2D eigenvalue weighted by molar-refractivity contribution is -0.152. The number of H-pyrrole nitrogens is 1. The Hall–Kier alpha value is -8.10. The largest absolute Gasteiger partial charge is 0.481 e. The molecule has 10 atom stereocenters. The number of nitrogens with zero attached hydrogens (tertiary/aromatic N) is 5. The molecule has 0 saturated carbocycles. The summed E-state index contributed by atoms with van der Waals surface area (Å²) in [5.74, 6) is -9.36. The quantitative estimate of drug-likeness (QED) is 0.0200. The van der Waals surface area contributed by atoms with E-state index in [0.29, 0.717) is 37.7 Å². The van der Waals surface area contributed by atoms with Crippen LogP contribution in [0.1, 0.15) is 103 Å². The normalized spacial score (nSPS) is 21.0. The predicted octanol–water partition coefficient (Wildman–Crippen LogP) is -1.97. The summed E-state index contributed by atoms with van der Waals surface area (Å²) < 4.78 is 0. The number of guanidine groups is 1. The van der Waals surface area contributed by atoms with Gasteiger partial charge in [-0.2, -0.15) is 0 Å². The molecule has 0 bridgehead atoms. The molecule has 0 spiro atoms. The van der Waals surface area contributed by atoms with Crippen molar-refractivity contribution in [2.45, 2.75) is 158 Å². The zero-order valence-electron chi connectivity index (χ0n) is 45.2. The van der Waals surface area contributed by atoms with E-state index in [4.69, 9.17) is 22.9 Å². The van der Waals surface area contributed by atoms with E-state index in [1.165, 1.54) is 25.7 Å². The van der Waals surface area contributed by atoms with Crippen LogP contribution in [0, 0.1) is 5.92 Å². The summed E-state index contributed by atoms with van der Waals surface area (Å²) >= 11 is 0. The van der Waals surface area contributed by atoms with E-state index >= 15 is 0 Å². The molecule has 0 aliphatic carbocycles. The number of aliphatic carboxylic acids is 2. The molecule has 4 aliphatic rings. The minimum absolute atomic E-state index is 0.0413. The van der Waals surface area contributed by atoms with Crippen molar-refractivity contribution in [3.8, 4) is 0 Å². The van der Waals surface area contributed by atoms with Gasteiger partial charge < -0.3 is 79.0 Å². The summed E-state index contributed by atoms with van der Waals surface area (Å²) in [4.78, 5) is 162. The molecule has 5 heterocycles. The van der Waals surface area contributed by atoms with Crippen molar-refractivity contribution < 1.29 is 63.0 Å². The standard InChI is InChI=1S/C53H76N14O13/c1-3-29(2)43(51(78)66-25-9-16-39(66)50(77)67-26-10-17-40(67)52(79)80)63-45(72)34(19-20-41(55)68)60-46(73)37-14-7-23-64(37)48(75)35(13-6-22-58-53(56)57)61-47(74)38-15-8-24-65(38)49(76)36(62-44(71)32(54)18-21-42(69)70)27-30-28-59-33-12-5-4-11-31(30)33/h4-5,8,11-12,15,28-29,32,34-40,43,59H,3,6-7,9-10,13-14,16-27,54H2,1-2H3,(H2,55,68)(H,60,73)(H,61,74)(H,62,71)(H,63,72)(H,69,70)(H,79,80)(H4,56,57,58)/t29-,32-,34-,35-,36-,37-,38-,39-,40-,43-/m0/s1. The van der Waals surface area contributed by atoms with E-state index in [2.05, 4.69) is 31.2 Å². The molecule has 0 unspecified atom stereocenters. The fraction of sp³-hybridized carbons (Fsp3) is 0.585. The lowest BCUT2D eigenvalue weighted by Gasteiger charge is -2.34. The van der Waals surface area contributed by atoms with Crippen LogP contribution in [0.5, 0.6) is 0 Å². The zero-order chi connectivity index (χ0) is 58.4. The number of carboxylic acid groups (broad SMARTS) is 2. The highest BCUT2D eigenvalue weighted by Crippen LogP contribution is 2.28. The minimum Gasteiger partial charge on any atom is -0.481 e. The molecule has 4 aliphatic heterocycles. The lowest BCUT2D eigenvalue weighted by atomic mass is 9.96. The number of likely N-dealkylation sites (tertiary alicyclic amines) is 3. The summed E-state index contributed by atoms with van der Waals surface area (Å²) in [6, 6.07) is -3.67. The van der Waals surface area contributed by atoms with Gasteiger partial charge in [0.25, 0.3) is 0 Å². The van der Waals surface area contributed by atoms with Gasteiger partial charge in [0.2, 0.25) is 53.2 Å². The number of aromatic amines is 1. The van der Waals surface area contributed by atoms with Gasteiger partial charge in [-0.3, -0.25) is 52.9 Å². The maximum absolute atomic E-state index is 14.7. The maximum atomic E-state index is 14.7. The monoisotopic (exact) mass is 1120 g/mol. The molecule has 80 heavy (non-hydrogen) atoms. The fourth-order valence-corrected chi connectivity index (χ4v) is 10.8. The Morgan fingerprint density at radius 3 is 2.01 bits per heavy atom. The number of hydrogen-bond acceptors (Lipinski definition) is 13. The number of rotatable bonds is 27. The average Bonchev–Trinajstić information content (AvgIpc) is 4.32. The highest BCUT2D eigenvalue weighted by molar-refractivity contribution is 6.00. The van der Waals surface area contributed by atoms with Crippen molar-refractivity contribution >= 4 is 82.0 Å². The summed E-state index contributed by atoms with van der Waals surface area (Å²) in [6.45, 7) is 3.99. The summed E-state index contributed by atoms with van der Waals surface area (Å²) in [5, 5.41) is 30.6. The molecule has 1 aromatic carbocycles. The Morgan fingerprint density at radius 2 is 1.35 bits per heavy atom. The van der Waals surface area contributed by atoms with Gasteiger partial charge in [0.05, 0.1) is 6.04 Å². The molecular formula is C53H76N14O13. The number of benzene rings is 1. The van der Waals surface area contributed by atoms with Crippen LogP contribution in [-0.4, -0.2) is 193 Å². The molecule has 1 aromatic heterocycles. The Balaban J connectivity index is 1.18. The fourth-order valence-electron chi connectivity index (χ4n) is 10.8. The Bertz CT molecular complexity index is 2710. The molecular weight excluding hydrogens is 1040 g/mol. The molecule has 3 fully saturated rings. The van der Waals surface area contributed by atoms with Crippen molar-refractivity contribution in [2.24, 2.45) is 33.8 Å². The second kappa shape index (κ2) is 28.2. The number of hydrogen-bond donors (Lipinski definition) is 11. The van der Waals surface area contributed by atoms with Crippen molar-refractivity contribution in [1.82, 2.24) is 45.9 Å². The number of para-hydroxylation sites is 1. The van der Waals surface area contributed by atoms with E-state index in [0.717, 1.165) is 10.9 Å². The number of aliphatic imine (C=N–C) groups is 1. The van der Waals surface area contributed by atoms with Crippen molar-refractivity contribution in [2.75, 3.05) is 32.7 Å². The first-order valence-electron chi connectivity index (χ1n) is 27.3. The first-order chi connectivity index (χ1) is 38.1. The zero-order valence-corrected chi connectivity index (χ0v) is 45.2. The Morgan fingerprint density at radius 1 is 0.713 bits per heavy atom. The number of carbonyl (C=O) groups excluding carboxylic acids is 9. The van der Waals surface area contributed by atoms with E-state index < -0.39 is 132 Å². The second-order valence-electron chi connectivity index (χ2n) is 20.9. The van der Waals surface area contributed by atoms with Crippen LogP contribution >= 0.6 is 0 Å². The smallest absolute Gasteiger partial charge is 0.326 e. The van der Waals surface area contributed by atoms with Crippen LogP contribution in [0.3, 0.4) is 0 Å². The first-order valence-corrected chi connectivity index (χ1v) is 27.3. The van der Waals surface area contributed by atoms with Crippen LogP contribution in [0.2, 0.25) is 0 Å². The highest BCUT2D eigenvalue weighted by Gasteiger charge is 2.46. The maximum Gasteiger partial charge on any atom is 0.326 e. The van der Waals surface area contributed by atoms with Gasteiger partial charge in [0.1, 0.15) is 48.3 Å². The number of amides is 9. The van der Waals surface area contributed by atoms with Gasteiger partial charge in [-0.05, 0) is 81.8 Å². The van der Waals surface area contributed by atoms with Crippen LogP contribution in [0.4, 0.5) is 0 Å². The van der Waals surface area contributed by atoms with Gasteiger partial charge in [-0.25, -0.2) is 4.79 Å². The Labute approximate surface area is 462 Å². The third kappa shape index (κ3) is 15.4. The number of primary amides is 1. The van der Waals surface area contributed by atoms with Crippen LogP contribution < -0.4 is 44.2 Å². The number of fused-ring (bicyclic) bond motifs is 1. The van der Waals surface area contributed by atoms with Gasteiger partial charge in [0, 0.05) is 69.1 Å². The molecule has 436 valence electrons. The van der Waals surface area contributed by atoms with E-state index in [9.17, 15) is 63.0 Å². The van der Waals surface area contributed by atoms with Gasteiger partial charge in [-0.1, -0.05) is 50.6 Å². The molecule has 6 rings (SSSR count). The van der Waals surface area contributed by atoms with Gasteiger partial charge in [-0.15, -0.1) is 0 Å². The third-order valence-electron chi connectivity index (χ3n) is 15.4. The number of aromatic nitrogens is 1. The minimum atomic E-state index is -1.44. The summed E-state index contributed by atoms with van der Waals surface area (Å²) in [6.07, 6.45) is 5.97. The first kappa shape index (κ1) is 61.1. The molecule has 0 radical (unpaired) electrons. The molecule has 9 amide bonds. The van der Waals surface area contributed by atoms with Crippen molar-refractivity contribution in [3.63, 3.8) is 0 Å². The lowest BCUT2D eigenvalue weighted by Crippen LogP contribution is -2.60.